The van der Waals surface area contributed by atoms with E-state index in [2.05, 4.69) is 11.3 Å². The van der Waals surface area contributed by atoms with E-state index < -0.39 is 0 Å². The maximum Gasteiger partial charge on any atom is 0.314 e. The molecule has 4 nitrogen and oxygen atoms in total. The van der Waals surface area contributed by atoms with Gasteiger partial charge in [-0.1, -0.05) is 0 Å². The SMILES string of the molecule is CN(C)CC1[CH]CCN(C(N)=O)C1.Cl. The molecule has 14 heavy (non-hydrogen) atoms. The smallest absolute Gasteiger partial charge is 0.314 e. The van der Waals surface area contributed by atoms with Crippen molar-refractivity contribution in [1.82, 2.24) is 9.80 Å². The van der Waals surface area contributed by atoms with Crippen LogP contribution >= 0.6 is 12.4 Å². The number of nitrogens with zero attached hydrogens (tertiary/aromatic N) is 2. The third kappa shape index (κ3) is 4.15. The fourth-order valence-corrected chi connectivity index (χ4v) is 1.72. The van der Waals surface area contributed by atoms with Gasteiger partial charge in [0.2, 0.25) is 0 Å². The topological polar surface area (TPSA) is 49.6 Å². The summed E-state index contributed by atoms with van der Waals surface area (Å²) >= 11 is 0. The molecule has 1 fully saturated rings. The van der Waals surface area contributed by atoms with E-state index in [1.54, 1.807) is 4.90 Å². The van der Waals surface area contributed by atoms with Crippen molar-refractivity contribution in [2.75, 3.05) is 33.7 Å². The van der Waals surface area contributed by atoms with Crippen LogP contribution in [0, 0.1) is 12.3 Å². The molecule has 0 spiro atoms. The van der Waals surface area contributed by atoms with Crippen LogP contribution in [0.15, 0.2) is 0 Å². The van der Waals surface area contributed by atoms with E-state index in [1.165, 1.54) is 0 Å². The number of urea groups is 1. The Hall–Kier alpha value is -0.480. The first-order valence-corrected chi connectivity index (χ1v) is 4.62. The zero-order chi connectivity index (χ0) is 9.84. The fraction of sp³-hybridized carbons (Fsp3) is 0.778. The van der Waals surface area contributed by atoms with Gasteiger partial charge in [-0.3, -0.25) is 0 Å². The summed E-state index contributed by atoms with van der Waals surface area (Å²) in [5, 5.41) is 0. The third-order valence-corrected chi connectivity index (χ3v) is 2.27. The van der Waals surface area contributed by atoms with Crippen LogP contribution < -0.4 is 5.73 Å². The second kappa shape index (κ2) is 6.09. The van der Waals surface area contributed by atoms with Crippen molar-refractivity contribution in [2.45, 2.75) is 6.42 Å². The number of nitrogens with two attached hydrogens (primary N) is 1. The van der Waals surface area contributed by atoms with E-state index in [1.807, 2.05) is 14.1 Å². The maximum absolute atomic E-state index is 10.9. The number of likely N-dealkylation sites (tertiary alicyclic amines) is 1. The molecule has 0 saturated carbocycles. The highest BCUT2D eigenvalue weighted by Crippen LogP contribution is 2.15. The molecular formula is C9H19ClN3O. The minimum atomic E-state index is -0.295. The maximum atomic E-state index is 10.9. The van der Waals surface area contributed by atoms with E-state index in [-0.39, 0.29) is 18.4 Å². The monoisotopic (exact) mass is 220 g/mol. The summed E-state index contributed by atoms with van der Waals surface area (Å²) in [5.74, 6) is 0.469. The molecule has 1 radical (unpaired) electrons. The first-order chi connectivity index (χ1) is 6.09. The molecule has 1 aliphatic rings. The van der Waals surface area contributed by atoms with Gasteiger partial charge in [0.25, 0.3) is 0 Å². The van der Waals surface area contributed by atoms with Crippen molar-refractivity contribution < 1.29 is 4.79 Å². The number of piperidine rings is 1. The summed E-state index contributed by atoms with van der Waals surface area (Å²) in [5.41, 5.74) is 5.22. The zero-order valence-corrected chi connectivity index (χ0v) is 9.59. The number of rotatable bonds is 2. The molecule has 0 aliphatic carbocycles. The highest BCUT2D eigenvalue weighted by Gasteiger charge is 2.22. The van der Waals surface area contributed by atoms with Crippen molar-refractivity contribution in [3.63, 3.8) is 0 Å². The highest BCUT2D eigenvalue weighted by atomic mass is 35.5. The predicted octanol–water partition coefficient (Wildman–Crippen LogP) is 0.575. The van der Waals surface area contributed by atoms with Crippen molar-refractivity contribution in [3.8, 4) is 0 Å². The molecule has 1 unspecified atom stereocenters. The van der Waals surface area contributed by atoms with Crippen LogP contribution in [0.4, 0.5) is 4.79 Å². The lowest BCUT2D eigenvalue weighted by molar-refractivity contribution is 0.180. The normalized spacial score (nSPS) is 21.9. The standard InChI is InChI=1S/C9H18N3O.ClH/c1-11(2)6-8-4-3-5-12(7-8)9(10)13;/h4,8H,3,5-7H2,1-2H3,(H2,10,13);1H. The summed E-state index contributed by atoms with van der Waals surface area (Å²) in [7, 11) is 4.08. The minimum Gasteiger partial charge on any atom is -0.351 e. The molecule has 0 aromatic rings. The Kier molecular flexibility index (Phi) is 5.88. The minimum absolute atomic E-state index is 0. The Bertz CT molecular complexity index is 187. The zero-order valence-electron chi connectivity index (χ0n) is 8.77. The van der Waals surface area contributed by atoms with Gasteiger partial charge in [0.15, 0.2) is 0 Å². The molecule has 0 aromatic carbocycles. The molecule has 2 N–H and O–H groups in total. The molecule has 5 heteroatoms. The first kappa shape index (κ1) is 13.5. The number of halogens is 1. The van der Waals surface area contributed by atoms with E-state index in [0.29, 0.717) is 5.92 Å². The number of amides is 2. The van der Waals surface area contributed by atoms with Gasteiger partial charge < -0.3 is 15.5 Å². The first-order valence-electron chi connectivity index (χ1n) is 4.62. The third-order valence-electron chi connectivity index (χ3n) is 2.27. The van der Waals surface area contributed by atoms with Gasteiger partial charge in [-0.05, 0) is 32.9 Å². The summed E-state index contributed by atoms with van der Waals surface area (Å²) in [6, 6.07) is -0.295. The van der Waals surface area contributed by atoms with E-state index >= 15 is 0 Å². The van der Waals surface area contributed by atoms with Crippen LogP contribution in [0.1, 0.15) is 6.42 Å². The fourth-order valence-electron chi connectivity index (χ4n) is 1.72. The van der Waals surface area contributed by atoms with Gasteiger partial charge in [0.1, 0.15) is 0 Å². The molecule has 1 atom stereocenters. The molecule has 1 rings (SSSR count). The van der Waals surface area contributed by atoms with Crippen molar-refractivity contribution in [1.29, 1.82) is 0 Å². The highest BCUT2D eigenvalue weighted by molar-refractivity contribution is 5.85. The second-order valence-corrected chi connectivity index (χ2v) is 3.83. The second-order valence-electron chi connectivity index (χ2n) is 3.83. The van der Waals surface area contributed by atoms with Gasteiger partial charge in [0, 0.05) is 19.6 Å². The average molecular weight is 221 g/mol. The van der Waals surface area contributed by atoms with Gasteiger partial charge in [-0.25, -0.2) is 4.79 Å². The number of carbonyl (C=O) groups excluding carboxylic acids is 1. The Labute approximate surface area is 91.8 Å². The van der Waals surface area contributed by atoms with Crippen molar-refractivity contribution >= 4 is 18.4 Å². The number of primary amides is 1. The van der Waals surface area contributed by atoms with E-state index in [4.69, 9.17) is 5.73 Å². The summed E-state index contributed by atoms with van der Waals surface area (Å²) in [6.07, 6.45) is 3.24. The molecule has 1 saturated heterocycles. The quantitative estimate of drug-likeness (QED) is 0.740. The molecule has 0 bridgehead atoms. The van der Waals surface area contributed by atoms with E-state index in [0.717, 1.165) is 26.1 Å². The largest absolute Gasteiger partial charge is 0.351 e. The lowest BCUT2D eigenvalue weighted by atomic mass is 9.98. The molecule has 0 aromatic heterocycles. The van der Waals surface area contributed by atoms with Crippen LogP contribution in [-0.2, 0) is 0 Å². The van der Waals surface area contributed by atoms with Crippen LogP contribution in [0.5, 0.6) is 0 Å². The van der Waals surface area contributed by atoms with Gasteiger partial charge >= 0.3 is 6.03 Å². The molecule has 83 valence electrons. The molecule has 2 amide bonds. The van der Waals surface area contributed by atoms with Crippen LogP contribution in [0.3, 0.4) is 0 Å². The predicted molar refractivity (Wildman–Crippen MR) is 59.4 cm³/mol. The summed E-state index contributed by atoms with van der Waals surface area (Å²) in [6.45, 7) is 2.54. The number of hydrogen-bond acceptors (Lipinski definition) is 2. The number of hydrogen-bond donors (Lipinski definition) is 1. The Morgan fingerprint density at radius 1 is 1.64 bits per heavy atom. The Morgan fingerprint density at radius 2 is 2.29 bits per heavy atom. The van der Waals surface area contributed by atoms with Crippen molar-refractivity contribution in [3.05, 3.63) is 6.42 Å². The summed E-state index contributed by atoms with van der Waals surface area (Å²) in [4.78, 5) is 14.8. The average Bonchev–Trinajstić information content (AvgIpc) is 2.03. The van der Waals surface area contributed by atoms with E-state index in [9.17, 15) is 4.79 Å². The lowest BCUT2D eigenvalue weighted by Gasteiger charge is -2.32. The number of carbonyl (C=O) groups is 1. The van der Waals surface area contributed by atoms with Crippen LogP contribution in [-0.4, -0.2) is 49.6 Å². The van der Waals surface area contributed by atoms with Crippen LogP contribution in [0.2, 0.25) is 0 Å². The Balaban J connectivity index is 0.00000169. The summed E-state index contributed by atoms with van der Waals surface area (Å²) < 4.78 is 0. The Morgan fingerprint density at radius 3 is 2.79 bits per heavy atom. The van der Waals surface area contributed by atoms with Crippen molar-refractivity contribution in [2.24, 2.45) is 11.7 Å². The molecular weight excluding hydrogens is 202 g/mol. The van der Waals surface area contributed by atoms with Gasteiger partial charge in [-0.15, -0.1) is 12.4 Å². The van der Waals surface area contributed by atoms with Gasteiger partial charge in [-0.2, -0.15) is 0 Å². The molecule has 1 aliphatic heterocycles. The van der Waals surface area contributed by atoms with Crippen LogP contribution in [0.25, 0.3) is 0 Å². The molecule has 1 heterocycles. The van der Waals surface area contributed by atoms with Gasteiger partial charge in [0.05, 0.1) is 0 Å². The lowest BCUT2D eigenvalue weighted by Crippen LogP contribution is -2.45.